The lowest BCUT2D eigenvalue weighted by molar-refractivity contribution is -0.122. The summed E-state index contributed by atoms with van der Waals surface area (Å²) in [4.78, 5) is 24.5. The minimum atomic E-state index is -0.530. The van der Waals surface area contributed by atoms with Crippen LogP contribution in [0.3, 0.4) is 0 Å². The second kappa shape index (κ2) is 11.3. The first-order valence-electron chi connectivity index (χ1n) is 10.9. The minimum absolute atomic E-state index is 0.00587. The Morgan fingerprint density at radius 1 is 1.03 bits per heavy atom. The number of ether oxygens (including phenoxy) is 1. The third-order valence-electron chi connectivity index (χ3n) is 4.78. The van der Waals surface area contributed by atoms with Gasteiger partial charge in [0.05, 0.1) is 12.0 Å². The summed E-state index contributed by atoms with van der Waals surface area (Å²) in [5.41, 5.74) is 3.40. The monoisotopic (exact) mass is 435 g/mol. The van der Waals surface area contributed by atoms with Crippen LogP contribution in [0.1, 0.15) is 58.1 Å². The fourth-order valence-corrected chi connectivity index (χ4v) is 3.35. The van der Waals surface area contributed by atoms with E-state index in [-0.39, 0.29) is 18.4 Å². The molecule has 0 aliphatic rings. The van der Waals surface area contributed by atoms with Crippen molar-refractivity contribution >= 4 is 12.0 Å². The molecule has 6 heteroatoms. The third-order valence-corrected chi connectivity index (χ3v) is 4.78. The van der Waals surface area contributed by atoms with E-state index in [1.807, 2.05) is 75.4 Å². The molecule has 2 N–H and O–H groups in total. The number of amides is 2. The van der Waals surface area contributed by atoms with E-state index in [9.17, 15) is 9.59 Å². The third kappa shape index (κ3) is 8.07. The SMILES string of the molecule is CC(C)C[C@@H](C(=O)NCC#N)c1cccc(-c2ccc(CNC(=O)OC(C)(C)C)cc2)c1. The summed E-state index contributed by atoms with van der Waals surface area (Å²) in [6, 6.07) is 17.8. The molecule has 0 aliphatic heterocycles. The Balaban J connectivity index is 2.13. The van der Waals surface area contributed by atoms with Crippen LogP contribution in [0.5, 0.6) is 0 Å². The minimum Gasteiger partial charge on any atom is -0.444 e. The fraction of sp³-hybridized carbons (Fsp3) is 0.423. The molecule has 0 fully saturated rings. The number of carbonyl (C=O) groups is 2. The average Bonchev–Trinajstić information content (AvgIpc) is 2.73. The van der Waals surface area contributed by atoms with Crippen molar-refractivity contribution in [2.75, 3.05) is 6.54 Å². The molecule has 0 heterocycles. The molecule has 0 unspecified atom stereocenters. The van der Waals surface area contributed by atoms with Gasteiger partial charge in [0.1, 0.15) is 12.1 Å². The van der Waals surface area contributed by atoms with Crippen molar-refractivity contribution in [1.82, 2.24) is 10.6 Å². The smallest absolute Gasteiger partial charge is 0.407 e. The predicted molar refractivity (Wildman–Crippen MR) is 126 cm³/mol. The summed E-state index contributed by atoms with van der Waals surface area (Å²) in [6.07, 6.45) is 0.260. The van der Waals surface area contributed by atoms with Crippen LogP contribution in [0.25, 0.3) is 11.1 Å². The van der Waals surface area contributed by atoms with E-state index in [0.717, 1.165) is 22.3 Å². The maximum atomic E-state index is 12.6. The van der Waals surface area contributed by atoms with Crippen LogP contribution in [0.2, 0.25) is 0 Å². The van der Waals surface area contributed by atoms with Crippen molar-refractivity contribution in [3.8, 4) is 17.2 Å². The van der Waals surface area contributed by atoms with Gasteiger partial charge in [-0.1, -0.05) is 62.4 Å². The Morgan fingerprint density at radius 2 is 1.72 bits per heavy atom. The normalized spacial score (nSPS) is 12.0. The Kier molecular flexibility index (Phi) is 8.83. The van der Waals surface area contributed by atoms with E-state index >= 15 is 0 Å². The standard InChI is InChI=1S/C26H33N3O3/c1-18(2)15-23(24(30)28-14-13-27)22-8-6-7-21(16-22)20-11-9-19(10-12-20)17-29-25(31)32-26(3,4)5/h6-12,16,18,23H,14-15,17H2,1-5H3,(H,28,30)(H,29,31)/t23-/m1/s1. The Bertz CT molecular complexity index is 954. The van der Waals surface area contributed by atoms with Gasteiger partial charge in [-0.05, 0) is 55.4 Å². The van der Waals surface area contributed by atoms with Gasteiger partial charge in [-0.3, -0.25) is 4.79 Å². The lowest BCUT2D eigenvalue weighted by Crippen LogP contribution is -2.32. The molecule has 0 aromatic heterocycles. The van der Waals surface area contributed by atoms with Crippen LogP contribution in [0.15, 0.2) is 48.5 Å². The molecule has 32 heavy (non-hydrogen) atoms. The van der Waals surface area contributed by atoms with Gasteiger partial charge in [0.2, 0.25) is 5.91 Å². The quantitative estimate of drug-likeness (QED) is 0.561. The number of hydrogen-bond donors (Lipinski definition) is 2. The molecular formula is C26H33N3O3. The molecule has 2 rings (SSSR count). The van der Waals surface area contributed by atoms with Crippen molar-refractivity contribution in [2.24, 2.45) is 5.92 Å². The lowest BCUT2D eigenvalue weighted by Gasteiger charge is -2.20. The highest BCUT2D eigenvalue weighted by atomic mass is 16.6. The van der Waals surface area contributed by atoms with Crippen LogP contribution in [0, 0.1) is 17.2 Å². The van der Waals surface area contributed by atoms with Gasteiger partial charge in [-0.15, -0.1) is 0 Å². The summed E-state index contributed by atoms with van der Waals surface area (Å²) < 4.78 is 5.26. The molecule has 0 radical (unpaired) electrons. The molecule has 0 aliphatic carbocycles. The summed E-state index contributed by atoms with van der Waals surface area (Å²) in [5, 5.41) is 14.2. The number of benzene rings is 2. The molecule has 1 atom stereocenters. The first kappa shape index (κ1) is 24.9. The summed E-state index contributed by atoms with van der Waals surface area (Å²) >= 11 is 0. The zero-order chi connectivity index (χ0) is 23.7. The maximum absolute atomic E-state index is 12.6. The van der Waals surface area contributed by atoms with Crippen molar-refractivity contribution in [3.63, 3.8) is 0 Å². The van der Waals surface area contributed by atoms with Gasteiger partial charge in [0.25, 0.3) is 0 Å². The molecule has 0 bridgehead atoms. The van der Waals surface area contributed by atoms with Crippen LogP contribution >= 0.6 is 0 Å². The first-order chi connectivity index (χ1) is 15.1. The van der Waals surface area contributed by atoms with Crippen molar-refractivity contribution in [3.05, 3.63) is 59.7 Å². The van der Waals surface area contributed by atoms with Gasteiger partial charge >= 0.3 is 6.09 Å². The van der Waals surface area contributed by atoms with E-state index in [1.165, 1.54) is 0 Å². The number of nitrogens with zero attached hydrogens (tertiary/aromatic N) is 1. The van der Waals surface area contributed by atoms with E-state index in [0.29, 0.717) is 18.9 Å². The molecule has 0 spiro atoms. The van der Waals surface area contributed by atoms with E-state index in [2.05, 4.69) is 24.5 Å². The molecule has 2 aromatic rings. The number of nitriles is 1. The molecule has 2 amide bonds. The highest BCUT2D eigenvalue weighted by Gasteiger charge is 2.22. The zero-order valence-corrected chi connectivity index (χ0v) is 19.6. The second-order valence-corrected chi connectivity index (χ2v) is 9.24. The zero-order valence-electron chi connectivity index (χ0n) is 19.6. The second-order valence-electron chi connectivity index (χ2n) is 9.24. The van der Waals surface area contributed by atoms with Crippen LogP contribution in [0.4, 0.5) is 4.79 Å². The van der Waals surface area contributed by atoms with Crippen molar-refractivity contribution in [1.29, 1.82) is 5.26 Å². The summed E-state index contributed by atoms with van der Waals surface area (Å²) in [5.74, 6) is -0.0881. The van der Waals surface area contributed by atoms with Crippen LogP contribution < -0.4 is 10.6 Å². The van der Waals surface area contributed by atoms with Gasteiger partial charge in [0, 0.05) is 6.54 Å². The van der Waals surface area contributed by atoms with Crippen LogP contribution in [-0.2, 0) is 16.1 Å². The van der Waals surface area contributed by atoms with Crippen molar-refractivity contribution < 1.29 is 14.3 Å². The number of alkyl carbamates (subject to hydrolysis) is 1. The Labute approximate surface area is 191 Å². The largest absolute Gasteiger partial charge is 0.444 e. The molecule has 6 nitrogen and oxygen atoms in total. The molecule has 0 saturated carbocycles. The summed E-state index contributed by atoms with van der Waals surface area (Å²) in [7, 11) is 0. The Morgan fingerprint density at radius 3 is 2.31 bits per heavy atom. The number of rotatable bonds is 8. The van der Waals surface area contributed by atoms with E-state index in [4.69, 9.17) is 10.00 Å². The molecule has 2 aromatic carbocycles. The van der Waals surface area contributed by atoms with Crippen molar-refractivity contribution in [2.45, 2.75) is 59.1 Å². The van der Waals surface area contributed by atoms with E-state index in [1.54, 1.807) is 0 Å². The topological polar surface area (TPSA) is 91.2 Å². The maximum Gasteiger partial charge on any atom is 0.407 e. The summed E-state index contributed by atoms with van der Waals surface area (Å²) in [6.45, 7) is 10.0. The van der Waals surface area contributed by atoms with E-state index < -0.39 is 11.7 Å². The van der Waals surface area contributed by atoms with Crippen LogP contribution in [-0.4, -0.2) is 24.1 Å². The fourth-order valence-electron chi connectivity index (χ4n) is 3.35. The van der Waals surface area contributed by atoms with Gasteiger partial charge in [0.15, 0.2) is 0 Å². The molecule has 0 saturated heterocycles. The number of carbonyl (C=O) groups excluding carboxylic acids is 2. The average molecular weight is 436 g/mol. The van der Waals surface area contributed by atoms with Gasteiger partial charge < -0.3 is 15.4 Å². The Hall–Kier alpha value is -3.33. The van der Waals surface area contributed by atoms with Gasteiger partial charge in [-0.2, -0.15) is 5.26 Å². The number of nitrogens with one attached hydrogen (secondary N) is 2. The molecular weight excluding hydrogens is 402 g/mol. The van der Waals surface area contributed by atoms with Gasteiger partial charge in [-0.25, -0.2) is 4.79 Å². The number of hydrogen-bond acceptors (Lipinski definition) is 4. The molecule has 170 valence electrons. The predicted octanol–water partition coefficient (Wildman–Crippen LogP) is 5.15. The first-order valence-corrected chi connectivity index (χ1v) is 10.9. The highest BCUT2D eigenvalue weighted by Crippen LogP contribution is 2.28. The highest BCUT2D eigenvalue weighted by molar-refractivity contribution is 5.84. The lowest BCUT2D eigenvalue weighted by atomic mass is 9.88.